The molecular formula is C15H23NO2S. The van der Waals surface area contributed by atoms with Gasteiger partial charge in [0.1, 0.15) is 5.75 Å². The van der Waals surface area contributed by atoms with E-state index in [9.17, 15) is 4.79 Å². The molecule has 0 bridgehead atoms. The summed E-state index contributed by atoms with van der Waals surface area (Å²) in [6, 6.07) is 7.77. The molecule has 0 saturated carbocycles. The Morgan fingerprint density at radius 3 is 2.37 bits per heavy atom. The summed E-state index contributed by atoms with van der Waals surface area (Å²) >= 11 is 1.56. The zero-order valence-corrected chi connectivity index (χ0v) is 13.2. The molecule has 19 heavy (non-hydrogen) atoms. The van der Waals surface area contributed by atoms with Gasteiger partial charge < -0.3 is 9.64 Å². The molecule has 0 aliphatic rings. The van der Waals surface area contributed by atoms with Crippen LogP contribution in [0, 0.1) is 0 Å². The van der Waals surface area contributed by atoms with Gasteiger partial charge in [-0.25, -0.2) is 0 Å². The van der Waals surface area contributed by atoms with E-state index in [1.165, 1.54) is 0 Å². The van der Waals surface area contributed by atoms with E-state index >= 15 is 0 Å². The lowest BCUT2D eigenvalue weighted by Crippen LogP contribution is -2.45. The van der Waals surface area contributed by atoms with E-state index in [-0.39, 0.29) is 11.4 Å². The SMILES string of the molecule is CCC(C)(C)N(C)C(=O)CSc1ccc(OC)cc1. The number of nitrogens with zero attached hydrogens (tertiary/aromatic N) is 1. The number of hydrogen-bond acceptors (Lipinski definition) is 3. The van der Waals surface area contributed by atoms with Crippen molar-refractivity contribution in [1.29, 1.82) is 0 Å². The van der Waals surface area contributed by atoms with E-state index in [1.807, 2.05) is 36.2 Å². The number of benzene rings is 1. The molecule has 0 radical (unpaired) electrons. The Balaban J connectivity index is 2.54. The molecule has 0 heterocycles. The molecule has 1 amide bonds. The van der Waals surface area contributed by atoms with E-state index in [2.05, 4.69) is 20.8 Å². The van der Waals surface area contributed by atoms with Gasteiger partial charge in [0.05, 0.1) is 12.9 Å². The maximum atomic E-state index is 12.1. The fraction of sp³-hybridized carbons (Fsp3) is 0.533. The second-order valence-electron chi connectivity index (χ2n) is 5.08. The third kappa shape index (κ3) is 4.46. The number of rotatable bonds is 6. The van der Waals surface area contributed by atoms with Crippen molar-refractivity contribution >= 4 is 17.7 Å². The molecule has 1 rings (SSSR count). The summed E-state index contributed by atoms with van der Waals surface area (Å²) in [7, 11) is 3.52. The standard InChI is InChI=1S/C15H23NO2S/c1-6-15(2,3)16(4)14(17)11-19-13-9-7-12(18-5)8-10-13/h7-10H,6,11H2,1-5H3. The molecule has 0 aliphatic carbocycles. The van der Waals surface area contributed by atoms with Crippen LogP contribution in [-0.2, 0) is 4.79 Å². The summed E-state index contributed by atoms with van der Waals surface area (Å²) in [5.74, 6) is 1.46. The normalized spacial score (nSPS) is 11.2. The van der Waals surface area contributed by atoms with E-state index in [0.717, 1.165) is 17.1 Å². The minimum absolute atomic E-state index is 0.0858. The fourth-order valence-corrected chi connectivity index (χ4v) is 2.30. The quantitative estimate of drug-likeness (QED) is 0.748. The predicted molar refractivity (Wildman–Crippen MR) is 80.9 cm³/mol. The van der Waals surface area contributed by atoms with Crippen LogP contribution >= 0.6 is 11.8 Å². The van der Waals surface area contributed by atoms with Gasteiger partial charge in [0.15, 0.2) is 0 Å². The third-order valence-corrected chi connectivity index (χ3v) is 4.57. The van der Waals surface area contributed by atoms with Gasteiger partial charge >= 0.3 is 0 Å². The molecule has 0 unspecified atom stereocenters. The highest BCUT2D eigenvalue weighted by Gasteiger charge is 2.25. The Labute approximate surface area is 120 Å². The smallest absolute Gasteiger partial charge is 0.233 e. The van der Waals surface area contributed by atoms with Crippen LogP contribution in [0.1, 0.15) is 27.2 Å². The Kier molecular flexibility index (Phi) is 5.73. The van der Waals surface area contributed by atoms with Crippen molar-refractivity contribution in [3.8, 4) is 5.75 Å². The lowest BCUT2D eigenvalue weighted by molar-refractivity contribution is -0.131. The van der Waals surface area contributed by atoms with Gasteiger partial charge in [0, 0.05) is 17.5 Å². The highest BCUT2D eigenvalue weighted by molar-refractivity contribution is 8.00. The molecule has 1 aromatic carbocycles. The van der Waals surface area contributed by atoms with Gasteiger partial charge in [0.25, 0.3) is 0 Å². The molecule has 0 spiro atoms. The van der Waals surface area contributed by atoms with Crippen LogP contribution < -0.4 is 4.74 Å². The monoisotopic (exact) mass is 281 g/mol. The predicted octanol–water partition coefficient (Wildman–Crippen LogP) is 3.43. The Hall–Kier alpha value is -1.16. The highest BCUT2D eigenvalue weighted by Crippen LogP contribution is 2.23. The Bertz CT molecular complexity index is 415. The van der Waals surface area contributed by atoms with Gasteiger partial charge in [-0.1, -0.05) is 6.92 Å². The number of ether oxygens (including phenoxy) is 1. The summed E-state index contributed by atoms with van der Waals surface area (Å²) in [4.78, 5) is 15.0. The van der Waals surface area contributed by atoms with Crippen LogP contribution in [0.3, 0.4) is 0 Å². The number of thioether (sulfide) groups is 1. The lowest BCUT2D eigenvalue weighted by atomic mass is 10.0. The molecule has 0 N–H and O–H groups in total. The van der Waals surface area contributed by atoms with Crippen molar-refractivity contribution in [2.24, 2.45) is 0 Å². The molecule has 106 valence electrons. The first-order valence-corrected chi connectivity index (χ1v) is 7.42. The molecule has 0 aliphatic heterocycles. The van der Waals surface area contributed by atoms with Gasteiger partial charge in [0.2, 0.25) is 5.91 Å². The van der Waals surface area contributed by atoms with E-state index in [0.29, 0.717) is 5.75 Å². The first-order chi connectivity index (χ1) is 8.90. The van der Waals surface area contributed by atoms with Crippen molar-refractivity contribution in [3.05, 3.63) is 24.3 Å². The number of amides is 1. The highest BCUT2D eigenvalue weighted by atomic mass is 32.2. The topological polar surface area (TPSA) is 29.5 Å². The van der Waals surface area contributed by atoms with E-state index in [4.69, 9.17) is 4.74 Å². The van der Waals surface area contributed by atoms with Gasteiger partial charge in [-0.2, -0.15) is 0 Å². The van der Waals surface area contributed by atoms with Crippen LogP contribution in [-0.4, -0.2) is 36.3 Å². The maximum absolute atomic E-state index is 12.1. The average Bonchev–Trinajstić information content (AvgIpc) is 2.44. The van der Waals surface area contributed by atoms with Crippen molar-refractivity contribution in [1.82, 2.24) is 4.90 Å². The minimum Gasteiger partial charge on any atom is -0.497 e. The zero-order valence-electron chi connectivity index (χ0n) is 12.4. The molecular weight excluding hydrogens is 258 g/mol. The molecule has 0 fully saturated rings. The molecule has 1 aromatic rings. The van der Waals surface area contributed by atoms with E-state index in [1.54, 1.807) is 18.9 Å². The molecule has 0 aromatic heterocycles. The second kappa shape index (κ2) is 6.85. The van der Waals surface area contributed by atoms with Crippen molar-refractivity contribution < 1.29 is 9.53 Å². The molecule has 4 heteroatoms. The van der Waals surface area contributed by atoms with Crippen molar-refractivity contribution in [2.45, 2.75) is 37.6 Å². The van der Waals surface area contributed by atoms with Gasteiger partial charge in [-0.3, -0.25) is 4.79 Å². The summed E-state index contributed by atoms with van der Waals surface area (Å²) < 4.78 is 5.11. The summed E-state index contributed by atoms with van der Waals surface area (Å²) in [5.41, 5.74) is -0.0858. The minimum atomic E-state index is -0.0858. The largest absolute Gasteiger partial charge is 0.497 e. The maximum Gasteiger partial charge on any atom is 0.233 e. The zero-order chi connectivity index (χ0) is 14.5. The summed E-state index contributed by atoms with van der Waals surface area (Å²) in [6.45, 7) is 6.27. The summed E-state index contributed by atoms with van der Waals surface area (Å²) in [6.07, 6.45) is 0.947. The second-order valence-corrected chi connectivity index (χ2v) is 6.13. The van der Waals surface area contributed by atoms with Crippen LogP contribution in [0.2, 0.25) is 0 Å². The van der Waals surface area contributed by atoms with E-state index < -0.39 is 0 Å². The first kappa shape index (κ1) is 15.9. The first-order valence-electron chi connectivity index (χ1n) is 6.44. The van der Waals surface area contributed by atoms with Crippen LogP contribution in [0.4, 0.5) is 0 Å². The molecule has 0 atom stereocenters. The number of hydrogen-bond donors (Lipinski definition) is 0. The number of carbonyl (C=O) groups is 1. The Morgan fingerprint density at radius 2 is 1.89 bits per heavy atom. The lowest BCUT2D eigenvalue weighted by Gasteiger charge is -2.34. The van der Waals surface area contributed by atoms with Crippen LogP contribution in [0.5, 0.6) is 5.75 Å². The Morgan fingerprint density at radius 1 is 1.32 bits per heavy atom. The summed E-state index contributed by atoms with van der Waals surface area (Å²) in [5, 5.41) is 0. The van der Waals surface area contributed by atoms with Crippen molar-refractivity contribution in [3.63, 3.8) is 0 Å². The number of carbonyl (C=O) groups excluding carboxylic acids is 1. The van der Waals surface area contributed by atoms with Crippen molar-refractivity contribution in [2.75, 3.05) is 19.9 Å². The fourth-order valence-electron chi connectivity index (χ4n) is 1.49. The van der Waals surface area contributed by atoms with Crippen LogP contribution in [0.15, 0.2) is 29.2 Å². The molecule has 0 saturated heterocycles. The van der Waals surface area contributed by atoms with Gasteiger partial charge in [-0.15, -0.1) is 11.8 Å². The third-order valence-electron chi connectivity index (χ3n) is 3.57. The van der Waals surface area contributed by atoms with Crippen LogP contribution in [0.25, 0.3) is 0 Å². The average molecular weight is 281 g/mol. The molecule has 3 nitrogen and oxygen atoms in total. The number of methoxy groups -OCH3 is 1. The van der Waals surface area contributed by atoms with Gasteiger partial charge in [-0.05, 0) is 44.5 Å².